The molecule has 4 rings (SSSR count). The minimum absolute atomic E-state index is 0.235. The molecule has 31 heavy (non-hydrogen) atoms. The van der Waals surface area contributed by atoms with Gasteiger partial charge in [0.1, 0.15) is 18.3 Å². The number of benzene rings is 3. The first-order valence-corrected chi connectivity index (χ1v) is 10.6. The highest BCUT2D eigenvalue weighted by Gasteiger charge is 2.42. The van der Waals surface area contributed by atoms with Crippen LogP contribution in [0.5, 0.6) is 0 Å². The lowest BCUT2D eigenvalue weighted by atomic mass is 10.0. The Hall–Kier alpha value is -2.54. The molecule has 1 N–H and O–H groups in total. The van der Waals surface area contributed by atoms with Crippen molar-refractivity contribution < 1.29 is 24.1 Å². The molecule has 5 nitrogen and oxygen atoms in total. The van der Waals surface area contributed by atoms with E-state index in [2.05, 4.69) is 0 Å². The Bertz CT molecular complexity index is 887. The van der Waals surface area contributed by atoms with Crippen molar-refractivity contribution in [3.8, 4) is 0 Å². The van der Waals surface area contributed by atoms with E-state index in [9.17, 15) is 5.11 Å². The molecule has 1 aliphatic rings. The van der Waals surface area contributed by atoms with E-state index in [0.29, 0.717) is 19.8 Å². The Morgan fingerprint density at radius 3 is 1.52 bits per heavy atom. The number of aliphatic hydroxyl groups excluding tert-OH is 1. The van der Waals surface area contributed by atoms with E-state index >= 15 is 0 Å². The van der Waals surface area contributed by atoms with E-state index in [-0.39, 0.29) is 12.7 Å². The molecule has 0 aromatic heterocycles. The van der Waals surface area contributed by atoms with Gasteiger partial charge in [-0.15, -0.1) is 0 Å². The second kappa shape index (κ2) is 11.2. The molecule has 5 heteroatoms. The number of hydrogen-bond acceptors (Lipinski definition) is 5. The van der Waals surface area contributed by atoms with Gasteiger partial charge in [0.05, 0.1) is 26.4 Å². The normalized spacial score (nSPS) is 23.5. The number of aliphatic hydroxyl groups is 1. The minimum Gasteiger partial charge on any atom is -0.368 e. The van der Waals surface area contributed by atoms with E-state index in [1.807, 2.05) is 91.0 Å². The lowest BCUT2D eigenvalue weighted by molar-refractivity contribution is -0.286. The zero-order chi connectivity index (χ0) is 21.3. The third-order valence-corrected chi connectivity index (χ3v) is 5.28. The summed E-state index contributed by atoms with van der Waals surface area (Å²) in [6.45, 7) is 1.41. The van der Waals surface area contributed by atoms with Gasteiger partial charge >= 0.3 is 0 Å². The largest absolute Gasteiger partial charge is 0.368 e. The zero-order valence-electron chi connectivity index (χ0n) is 17.4. The molecule has 0 bridgehead atoms. The van der Waals surface area contributed by atoms with Crippen LogP contribution in [-0.2, 0) is 38.8 Å². The van der Waals surface area contributed by atoms with Crippen LogP contribution in [0.1, 0.15) is 16.7 Å². The summed E-state index contributed by atoms with van der Waals surface area (Å²) in [7, 11) is 0. The zero-order valence-corrected chi connectivity index (χ0v) is 17.4. The van der Waals surface area contributed by atoms with Crippen molar-refractivity contribution in [1.29, 1.82) is 0 Å². The molecule has 4 atom stereocenters. The van der Waals surface area contributed by atoms with Crippen LogP contribution in [0.3, 0.4) is 0 Å². The van der Waals surface area contributed by atoms with Gasteiger partial charge in [-0.1, -0.05) is 91.0 Å². The second-order valence-electron chi connectivity index (χ2n) is 7.58. The Balaban J connectivity index is 1.46. The fourth-order valence-electron chi connectivity index (χ4n) is 3.59. The van der Waals surface area contributed by atoms with Crippen LogP contribution < -0.4 is 0 Å². The minimum atomic E-state index is -1.08. The van der Waals surface area contributed by atoms with Gasteiger partial charge in [0.15, 0.2) is 6.29 Å². The Morgan fingerprint density at radius 1 is 0.613 bits per heavy atom. The third kappa shape index (κ3) is 6.23. The van der Waals surface area contributed by atoms with Crippen molar-refractivity contribution in [3.63, 3.8) is 0 Å². The quantitative estimate of drug-likeness (QED) is 0.565. The first-order valence-electron chi connectivity index (χ1n) is 10.6. The van der Waals surface area contributed by atoms with Gasteiger partial charge in [-0.3, -0.25) is 0 Å². The first kappa shape index (κ1) is 21.7. The number of ether oxygens (including phenoxy) is 4. The average Bonchev–Trinajstić information content (AvgIpc) is 2.83. The van der Waals surface area contributed by atoms with Crippen LogP contribution in [0.4, 0.5) is 0 Å². The van der Waals surface area contributed by atoms with Crippen LogP contribution in [-0.4, -0.2) is 36.3 Å². The van der Waals surface area contributed by atoms with Gasteiger partial charge in [0.25, 0.3) is 0 Å². The Labute approximate surface area is 183 Å². The van der Waals surface area contributed by atoms with Crippen LogP contribution in [0, 0.1) is 0 Å². The topological polar surface area (TPSA) is 57.2 Å². The Morgan fingerprint density at radius 2 is 1.03 bits per heavy atom. The summed E-state index contributed by atoms with van der Waals surface area (Å²) in [4.78, 5) is 0. The monoisotopic (exact) mass is 420 g/mol. The molecule has 4 unspecified atom stereocenters. The highest BCUT2D eigenvalue weighted by Crippen LogP contribution is 2.25. The van der Waals surface area contributed by atoms with Crippen LogP contribution >= 0.6 is 0 Å². The summed E-state index contributed by atoms with van der Waals surface area (Å²) in [5.41, 5.74) is 3.13. The van der Waals surface area contributed by atoms with E-state index in [4.69, 9.17) is 18.9 Å². The molecule has 162 valence electrons. The van der Waals surface area contributed by atoms with Gasteiger partial charge in [-0.2, -0.15) is 0 Å². The summed E-state index contributed by atoms with van der Waals surface area (Å²) in [5.74, 6) is 0. The van der Waals surface area contributed by atoms with Gasteiger partial charge in [-0.25, -0.2) is 0 Å². The highest BCUT2D eigenvalue weighted by atomic mass is 16.7. The molecule has 0 saturated carbocycles. The van der Waals surface area contributed by atoms with Crippen molar-refractivity contribution >= 4 is 0 Å². The highest BCUT2D eigenvalue weighted by molar-refractivity contribution is 5.15. The SMILES string of the molecule is OC1OCC(OCc2ccccc2)C(OCc2ccccc2)C1OCc1ccccc1. The van der Waals surface area contributed by atoms with Crippen molar-refractivity contribution in [1.82, 2.24) is 0 Å². The van der Waals surface area contributed by atoms with Crippen molar-refractivity contribution in [2.24, 2.45) is 0 Å². The maximum absolute atomic E-state index is 10.5. The predicted molar refractivity (Wildman–Crippen MR) is 117 cm³/mol. The van der Waals surface area contributed by atoms with Crippen LogP contribution in [0.25, 0.3) is 0 Å². The average molecular weight is 421 g/mol. The lowest BCUT2D eigenvalue weighted by Gasteiger charge is -2.40. The maximum Gasteiger partial charge on any atom is 0.183 e. The maximum atomic E-state index is 10.5. The van der Waals surface area contributed by atoms with Crippen LogP contribution in [0.15, 0.2) is 91.0 Å². The molecular formula is C26H28O5. The second-order valence-corrected chi connectivity index (χ2v) is 7.58. The van der Waals surface area contributed by atoms with E-state index in [1.165, 1.54) is 0 Å². The van der Waals surface area contributed by atoms with E-state index in [1.54, 1.807) is 0 Å². The molecule has 0 amide bonds. The van der Waals surface area contributed by atoms with E-state index in [0.717, 1.165) is 16.7 Å². The molecule has 1 heterocycles. The summed E-state index contributed by atoms with van der Waals surface area (Å²) in [6, 6.07) is 29.8. The molecular weight excluding hydrogens is 392 g/mol. The van der Waals surface area contributed by atoms with Crippen molar-refractivity contribution in [2.45, 2.75) is 44.4 Å². The predicted octanol–water partition coefficient (Wildman–Crippen LogP) is 4.09. The summed E-state index contributed by atoms with van der Waals surface area (Å²) in [5, 5.41) is 10.5. The van der Waals surface area contributed by atoms with Gasteiger partial charge in [0, 0.05) is 0 Å². The Kier molecular flexibility index (Phi) is 7.82. The number of hydrogen-bond donors (Lipinski definition) is 1. The smallest absolute Gasteiger partial charge is 0.183 e. The van der Waals surface area contributed by atoms with Crippen molar-refractivity contribution in [2.75, 3.05) is 6.61 Å². The molecule has 0 spiro atoms. The fourth-order valence-corrected chi connectivity index (χ4v) is 3.59. The fraction of sp³-hybridized carbons (Fsp3) is 0.308. The standard InChI is InChI=1S/C26H28O5/c27-26-25(30-18-22-14-8-3-9-15-22)24(29-17-21-12-6-2-7-13-21)23(19-31-26)28-16-20-10-4-1-5-11-20/h1-15,23-27H,16-19H2. The molecule has 1 fully saturated rings. The molecule has 1 aliphatic heterocycles. The molecule has 0 radical (unpaired) electrons. The molecule has 0 aliphatic carbocycles. The molecule has 3 aromatic rings. The van der Waals surface area contributed by atoms with E-state index < -0.39 is 18.5 Å². The van der Waals surface area contributed by atoms with Gasteiger partial charge < -0.3 is 24.1 Å². The lowest BCUT2D eigenvalue weighted by Crippen LogP contribution is -2.56. The summed E-state index contributed by atoms with van der Waals surface area (Å²) < 4.78 is 24.1. The third-order valence-electron chi connectivity index (χ3n) is 5.28. The molecule has 1 saturated heterocycles. The van der Waals surface area contributed by atoms with Gasteiger partial charge in [-0.05, 0) is 16.7 Å². The molecule has 3 aromatic carbocycles. The summed E-state index contributed by atoms with van der Waals surface area (Å²) >= 11 is 0. The first-order chi connectivity index (χ1) is 15.3. The van der Waals surface area contributed by atoms with Crippen LogP contribution in [0.2, 0.25) is 0 Å². The van der Waals surface area contributed by atoms with Gasteiger partial charge in [0.2, 0.25) is 0 Å². The summed E-state index contributed by atoms with van der Waals surface area (Å²) in [6.07, 6.45) is -2.59. The number of rotatable bonds is 9. The van der Waals surface area contributed by atoms with Crippen molar-refractivity contribution in [3.05, 3.63) is 108 Å².